The number of halogens is 1. The molecule has 2 aromatic carbocycles. The molecule has 1 saturated carbocycles. The van der Waals surface area contributed by atoms with Crippen molar-refractivity contribution in [3.8, 4) is 17.6 Å². The van der Waals surface area contributed by atoms with Crippen LogP contribution in [0.2, 0.25) is 0 Å². The number of hydrogen-bond donors (Lipinski definition) is 0. The SMILES string of the molecule is CCCO[C@H]1CC[C@H](COc2ccc(C(=O)Oc3ccc(C#N)c(F)c3)cc2)CC1. The molecule has 1 aliphatic rings. The van der Waals surface area contributed by atoms with Crippen LogP contribution in [0.3, 0.4) is 0 Å². The summed E-state index contributed by atoms with van der Waals surface area (Å²) in [7, 11) is 0. The van der Waals surface area contributed by atoms with E-state index in [2.05, 4.69) is 6.92 Å². The molecule has 2 aromatic rings. The molecule has 0 amide bonds. The maximum atomic E-state index is 13.6. The van der Waals surface area contributed by atoms with Gasteiger partial charge in [0.05, 0.1) is 23.8 Å². The smallest absolute Gasteiger partial charge is 0.343 e. The lowest BCUT2D eigenvalue weighted by molar-refractivity contribution is 0.0132. The average molecular weight is 411 g/mol. The molecule has 6 heteroatoms. The topological polar surface area (TPSA) is 68.6 Å². The van der Waals surface area contributed by atoms with E-state index in [1.807, 2.05) is 0 Å². The number of carbonyl (C=O) groups excluding carboxylic acids is 1. The van der Waals surface area contributed by atoms with Gasteiger partial charge in [-0.25, -0.2) is 9.18 Å². The maximum Gasteiger partial charge on any atom is 0.343 e. The number of ether oxygens (including phenoxy) is 3. The van der Waals surface area contributed by atoms with Crippen molar-refractivity contribution >= 4 is 5.97 Å². The number of esters is 1. The van der Waals surface area contributed by atoms with Crippen LogP contribution in [-0.2, 0) is 4.74 Å². The standard InChI is InChI=1S/C24H26FNO4/c1-2-13-28-20-8-3-17(4-9-20)16-29-21-10-5-18(6-11-21)24(27)30-22-12-7-19(15-26)23(25)14-22/h5-7,10-12,14,17,20H,2-4,8-9,13,16H2,1H3/t17-,20-. The van der Waals surface area contributed by atoms with Crippen LogP contribution in [0, 0.1) is 23.1 Å². The number of nitrogens with zero attached hydrogens (tertiary/aromatic N) is 1. The molecule has 0 saturated heterocycles. The molecule has 0 unspecified atom stereocenters. The molecule has 158 valence electrons. The van der Waals surface area contributed by atoms with Crippen molar-refractivity contribution in [2.45, 2.75) is 45.1 Å². The van der Waals surface area contributed by atoms with E-state index in [1.54, 1.807) is 30.3 Å². The Morgan fingerprint density at radius 3 is 2.43 bits per heavy atom. The summed E-state index contributed by atoms with van der Waals surface area (Å²) < 4.78 is 30.5. The maximum absolute atomic E-state index is 13.6. The highest BCUT2D eigenvalue weighted by Crippen LogP contribution is 2.27. The molecule has 0 N–H and O–H groups in total. The summed E-state index contributed by atoms with van der Waals surface area (Å²) in [6.07, 6.45) is 5.79. The van der Waals surface area contributed by atoms with Gasteiger partial charge in [-0.3, -0.25) is 0 Å². The Kier molecular flexibility index (Phi) is 7.81. The molecule has 5 nitrogen and oxygen atoms in total. The fraction of sp³-hybridized carbons (Fsp3) is 0.417. The molecule has 3 rings (SSSR count). The van der Waals surface area contributed by atoms with Crippen LogP contribution in [0.5, 0.6) is 11.5 Å². The van der Waals surface area contributed by atoms with Crippen molar-refractivity contribution in [2.24, 2.45) is 5.92 Å². The van der Waals surface area contributed by atoms with Crippen molar-refractivity contribution in [2.75, 3.05) is 13.2 Å². The summed E-state index contributed by atoms with van der Waals surface area (Å²) in [4.78, 5) is 12.2. The summed E-state index contributed by atoms with van der Waals surface area (Å²) in [6.45, 7) is 3.60. The number of carbonyl (C=O) groups is 1. The largest absolute Gasteiger partial charge is 0.493 e. The van der Waals surface area contributed by atoms with Crippen molar-refractivity contribution in [3.05, 3.63) is 59.4 Å². The van der Waals surface area contributed by atoms with Gasteiger partial charge in [0.2, 0.25) is 0 Å². The van der Waals surface area contributed by atoms with Crippen LogP contribution in [-0.4, -0.2) is 25.3 Å². The van der Waals surface area contributed by atoms with Crippen molar-refractivity contribution in [3.63, 3.8) is 0 Å². The van der Waals surface area contributed by atoms with Gasteiger partial charge in [0.25, 0.3) is 0 Å². The Balaban J connectivity index is 1.46. The van der Waals surface area contributed by atoms with E-state index in [1.165, 1.54) is 12.1 Å². The monoisotopic (exact) mass is 411 g/mol. The molecule has 0 aliphatic heterocycles. The third-order valence-corrected chi connectivity index (χ3v) is 5.20. The van der Waals surface area contributed by atoms with Crippen LogP contribution in [0.4, 0.5) is 4.39 Å². The quantitative estimate of drug-likeness (QED) is 0.437. The molecule has 0 aromatic heterocycles. The molecule has 1 aliphatic carbocycles. The molecule has 0 radical (unpaired) electrons. The van der Waals surface area contributed by atoms with Gasteiger partial charge >= 0.3 is 5.97 Å². The van der Waals surface area contributed by atoms with Gasteiger partial charge < -0.3 is 14.2 Å². The first-order valence-corrected chi connectivity index (χ1v) is 10.3. The number of rotatable bonds is 8. The van der Waals surface area contributed by atoms with Crippen LogP contribution in [0.15, 0.2) is 42.5 Å². The van der Waals surface area contributed by atoms with Crippen LogP contribution in [0.1, 0.15) is 54.9 Å². The van der Waals surface area contributed by atoms with Crippen molar-refractivity contribution < 1.29 is 23.4 Å². The fourth-order valence-corrected chi connectivity index (χ4v) is 3.47. The third-order valence-electron chi connectivity index (χ3n) is 5.20. The Hall–Kier alpha value is -2.91. The van der Waals surface area contributed by atoms with Crippen LogP contribution >= 0.6 is 0 Å². The lowest BCUT2D eigenvalue weighted by Gasteiger charge is -2.28. The second-order valence-electron chi connectivity index (χ2n) is 7.49. The minimum atomic E-state index is -0.725. The van der Waals surface area contributed by atoms with Gasteiger partial charge in [0.1, 0.15) is 23.4 Å². The van der Waals surface area contributed by atoms with Gasteiger partial charge in [0, 0.05) is 12.7 Å². The molecule has 0 heterocycles. The molecular formula is C24H26FNO4. The van der Waals surface area contributed by atoms with E-state index in [0.717, 1.165) is 44.8 Å². The second-order valence-corrected chi connectivity index (χ2v) is 7.49. The first kappa shape index (κ1) is 21.8. The zero-order valence-corrected chi connectivity index (χ0v) is 17.1. The Bertz CT molecular complexity index is 883. The lowest BCUT2D eigenvalue weighted by atomic mass is 9.88. The summed E-state index contributed by atoms with van der Waals surface area (Å²) in [5.41, 5.74) is 0.235. The molecule has 30 heavy (non-hydrogen) atoms. The normalized spacial score (nSPS) is 18.4. The van der Waals surface area contributed by atoms with Gasteiger partial charge in [-0.2, -0.15) is 5.26 Å². The highest BCUT2D eigenvalue weighted by Gasteiger charge is 2.22. The number of nitriles is 1. The average Bonchev–Trinajstić information content (AvgIpc) is 2.77. The number of benzene rings is 2. The van der Waals surface area contributed by atoms with E-state index < -0.39 is 11.8 Å². The fourth-order valence-electron chi connectivity index (χ4n) is 3.47. The summed E-state index contributed by atoms with van der Waals surface area (Å²) in [5, 5.41) is 8.75. The lowest BCUT2D eigenvalue weighted by Crippen LogP contribution is -2.25. The first-order chi connectivity index (χ1) is 14.6. The molecule has 0 atom stereocenters. The predicted octanol–water partition coefficient (Wildman–Crippen LogP) is 5.28. The zero-order chi connectivity index (χ0) is 21.3. The predicted molar refractivity (Wildman–Crippen MR) is 110 cm³/mol. The highest BCUT2D eigenvalue weighted by molar-refractivity contribution is 5.91. The number of hydrogen-bond acceptors (Lipinski definition) is 5. The highest BCUT2D eigenvalue weighted by atomic mass is 19.1. The van der Waals surface area contributed by atoms with Crippen molar-refractivity contribution in [1.29, 1.82) is 5.26 Å². The van der Waals surface area contributed by atoms with E-state index in [4.69, 9.17) is 19.5 Å². The summed E-state index contributed by atoms with van der Waals surface area (Å²) in [5.74, 6) is -0.0633. The molecular weight excluding hydrogens is 385 g/mol. The van der Waals surface area contributed by atoms with Crippen LogP contribution < -0.4 is 9.47 Å². The third kappa shape index (κ3) is 6.04. The van der Waals surface area contributed by atoms with Gasteiger partial charge in [-0.1, -0.05) is 6.92 Å². The Labute approximate surface area is 176 Å². The minimum Gasteiger partial charge on any atom is -0.493 e. The van der Waals surface area contributed by atoms with E-state index in [-0.39, 0.29) is 11.3 Å². The molecule has 1 fully saturated rings. The van der Waals surface area contributed by atoms with Crippen molar-refractivity contribution in [1.82, 2.24) is 0 Å². The zero-order valence-electron chi connectivity index (χ0n) is 17.1. The van der Waals surface area contributed by atoms with Gasteiger partial charge in [-0.05, 0) is 74.4 Å². The van der Waals surface area contributed by atoms with E-state index in [0.29, 0.717) is 29.9 Å². The Morgan fingerprint density at radius 2 is 1.80 bits per heavy atom. The van der Waals surface area contributed by atoms with Gasteiger partial charge in [-0.15, -0.1) is 0 Å². The van der Waals surface area contributed by atoms with E-state index >= 15 is 0 Å². The second kappa shape index (κ2) is 10.7. The molecule has 0 spiro atoms. The first-order valence-electron chi connectivity index (χ1n) is 10.3. The van der Waals surface area contributed by atoms with Gasteiger partial charge in [0.15, 0.2) is 0 Å². The Morgan fingerprint density at radius 1 is 1.10 bits per heavy atom. The van der Waals surface area contributed by atoms with Crippen LogP contribution in [0.25, 0.3) is 0 Å². The van der Waals surface area contributed by atoms with E-state index in [9.17, 15) is 9.18 Å². The summed E-state index contributed by atoms with van der Waals surface area (Å²) >= 11 is 0. The summed E-state index contributed by atoms with van der Waals surface area (Å²) in [6, 6.07) is 12.1. The minimum absolute atomic E-state index is 0.0512. The molecule has 0 bridgehead atoms.